The number of ketones is 1. The zero-order valence-corrected chi connectivity index (χ0v) is 17.8. The van der Waals surface area contributed by atoms with E-state index in [0.717, 1.165) is 57.7 Å². The van der Waals surface area contributed by atoms with Gasteiger partial charge in [0.25, 0.3) is 5.91 Å². The van der Waals surface area contributed by atoms with Crippen molar-refractivity contribution < 1.29 is 14.4 Å². The van der Waals surface area contributed by atoms with Crippen LogP contribution in [0.1, 0.15) is 53.3 Å². The number of piperidine rings is 1. The van der Waals surface area contributed by atoms with Crippen LogP contribution in [0.5, 0.6) is 0 Å². The molecule has 0 unspecified atom stereocenters. The minimum Gasteiger partial charge on any atom is -0.357 e. The van der Waals surface area contributed by atoms with E-state index in [1.54, 1.807) is 36.5 Å². The van der Waals surface area contributed by atoms with Crippen LogP contribution in [0.15, 0.2) is 42.6 Å². The summed E-state index contributed by atoms with van der Waals surface area (Å²) < 4.78 is 0. The predicted octanol–water partition coefficient (Wildman–Crippen LogP) is 3.38. The van der Waals surface area contributed by atoms with Gasteiger partial charge in [0.15, 0.2) is 5.78 Å². The summed E-state index contributed by atoms with van der Waals surface area (Å²) in [5.41, 5.74) is 2.01. The van der Waals surface area contributed by atoms with Crippen molar-refractivity contribution in [1.82, 2.24) is 9.88 Å². The molecular weight excluding hydrogens is 392 g/mol. The molecule has 0 radical (unpaired) electrons. The lowest BCUT2D eigenvalue weighted by molar-refractivity contribution is -0.120. The van der Waals surface area contributed by atoms with Crippen LogP contribution in [0.4, 0.5) is 11.5 Å². The van der Waals surface area contributed by atoms with Gasteiger partial charge in [0.2, 0.25) is 5.91 Å². The summed E-state index contributed by atoms with van der Waals surface area (Å²) >= 11 is 0. The van der Waals surface area contributed by atoms with Crippen molar-refractivity contribution in [2.45, 2.75) is 32.6 Å². The second-order valence-corrected chi connectivity index (χ2v) is 8.29. The molecule has 2 aromatic rings. The maximum absolute atomic E-state index is 12.7. The van der Waals surface area contributed by atoms with Crippen LogP contribution in [0.25, 0.3) is 0 Å². The Bertz CT molecular complexity index is 959. The first-order valence-corrected chi connectivity index (χ1v) is 10.9. The average molecular weight is 421 g/mol. The molecule has 162 valence electrons. The first-order valence-electron chi connectivity index (χ1n) is 10.9. The van der Waals surface area contributed by atoms with Gasteiger partial charge >= 0.3 is 0 Å². The van der Waals surface area contributed by atoms with Gasteiger partial charge in [-0.25, -0.2) is 4.98 Å². The highest BCUT2D eigenvalue weighted by Gasteiger charge is 2.27. The zero-order chi connectivity index (χ0) is 21.8. The lowest BCUT2D eigenvalue weighted by atomic mass is 9.95. The standard InChI is InChI=1S/C24H28N4O3/c1-17(29)18-4-6-21(7-5-18)26-23(30)19-9-14-27(15-10-19)22-16-20(8-11-25-22)24(31)28-12-2-3-13-28/h4-8,11,16,19H,2-3,9-10,12-15H2,1H3,(H,26,30). The third-order valence-corrected chi connectivity index (χ3v) is 6.13. The number of hydrogen-bond donors (Lipinski definition) is 1. The molecule has 4 rings (SSSR count). The fourth-order valence-electron chi connectivity index (χ4n) is 4.23. The van der Waals surface area contributed by atoms with Gasteiger partial charge in [-0.3, -0.25) is 14.4 Å². The molecule has 2 saturated heterocycles. The molecule has 0 atom stereocenters. The normalized spacial score (nSPS) is 16.9. The predicted molar refractivity (Wildman–Crippen MR) is 119 cm³/mol. The molecule has 0 saturated carbocycles. The van der Waals surface area contributed by atoms with E-state index in [1.165, 1.54) is 6.92 Å². The van der Waals surface area contributed by atoms with Crippen LogP contribution in [0.3, 0.4) is 0 Å². The van der Waals surface area contributed by atoms with Crippen molar-refractivity contribution in [3.05, 3.63) is 53.7 Å². The Morgan fingerprint density at radius 3 is 2.26 bits per heavy atom. The van der Waals surface area contributed by atoms with Crippen LogP contribution in [0.2, 0.25) is 0 Å². The van der Waals surface area contributed by atoms with Crippen LogP contribution in [0, 0.1) is 5.92 Å². The Morgan fingerprint density at radius 2 is 1.61 bits per heavy atom. The van der Waals surface area contributed by atoms with Gasteiger partial charge in [0.1, 0.15) is 5.82 Å². The van der Waals surface area contributed by atoms with Crippen molar-refractivity contribution >= 4 is 29.1 Å². The Balaban J connectivity index is 1.33. The minimum atomic E-state index is -0.0712. The quantitative estimate of drug-likeness (QED) is 0.750. The van der Waals surface area contributed by atoms with E-state index in [0.29, 0.717) is 16.8 Å². The molecular formula is C24H28N4O3. The van der Waals surface area contributed by atoms with Gasteiger partial charge in [-0.05, 0) is 69.0 Å². The zero-order valence-electron chi connectivity index (χ0n) is 17.8. The maximum atomic E-state index is 12.7. The number of hydrogen-bond acceptors (Lipinski definition) is 5. The minimum absolute atomic E-state index is 0.00106. The highest BCUT2D eigenvalue weighted by atomic mass is 16.2. The first-order chi connectivity index (χ1) is 15.0. The summed E-state index contributed by atoms with van der Waals surface area (Å²) in [6, 6.07) is 10.6. The van der Waals surface area contributed by atoms with Gasteiger partial charge in [0.05, 0.1) is 0 Å². The number of Topliss-reactive ketones (excluding diaryl/α,β-unsaturated/α-hetero) is 1. The van der Waals surface area contributed by atoms with E-state index < -0.39 is 0 Å². The number of nitrogens with one attached hydrogen (secondary N) is 1. The molecule has 0 spiro atoms. The van der Waals surface area contributed by atoms with E-state index in [2.05, 4.69) is 15.2 Å². The summed E-state index contributed by atoms with van der Waals surface area (Å²) in [6.45, 7) is 4.61. The number of benzene rings is 1. The van der Waals surface area contributed by atoms with Gasteiger partial charge in [-0.2, -0.15) is 0 Å². The monoisotopic (exact) mass is 420 g/mol. The Hall–Kier alpha value is -3.22. The first kappa shape index (κ1) is 21.0. The van der Waals surface area contributed by atoms with Gasteiger partial charge in [0, 0.05) is 55.1 Å². The van der Waals surface area contributed by atoms with Crippen molar-refractivity contribution in [3.8, 4) is 0 Å². The highest BCUT2D eigenvalue weighted by Crippen LogP contribution is 2.24. The fourth-order valence-corrected chi connectivity index (χ4v) is 4.23. The molecule has 0 bridgehead atoms. The number of carbonyl (C=O) groups is 3. The second-order valence-electron chi connectivity index (χ2n) is 8.29. The molecule has 3 heterocycles. The number of rotatable bonds is 5. The van der Waals surface area contributed by atoms with Gasteiger partial charge in [-0.15, -0.1) is 0 Å². The van der Waals surface area contributed by atoms with E-state index in [4.69, 9.17) is 0 Å². The molecule has 2 amide bonds. The summed E-state index contributed by atoms with van der Waals surface area (Å²) in [6.07, 6.45) is 5.29. The molecule has 7 heteroatoms. The molecule has 2 aliphatic rings. The van der Waals surface area contributed by atoms with Crippen molar-refractivity contribution in [1.29, 1.82) is 0 Å². The molecule has 1 N–H and O–H groups in total. The van der Waals surface area contributed by atoms with E-state index in [9.17, 15) is 14.4 Å². The van der Waals surface area contributed by atoms with Crippen LogP contribution in [-0.2, 0) is 4.79 Å². The molecule has 0 aliphatic carbocycles. The SMILES string of the molecule is CC(=O)c1ccc(NC(=O)C2CCN(c3cc(C(=O)N4CCCC4)ccn3)CC2)cc1. The molecule has 1 aromatic heterocycles. The topological polar surface area (TPSA) is 82.6 Å². The number of anilines is 2. The molecule has 2 fully saturated rings. The molecule has 1 aromatic carbocycles. The summed E-state index contributed by atoms with van der Waals surface area (Å²) in [5.74, 6) is 0.805. The third kappa shape index (κ3) is 4.93. The Labute approximate surface area is 182 Å². The molecule has 2 aliphatic heterocycles. The third-order valence-electron chi connectivity index (χ3n) is 6.13. The van der Waals surface area contributed by atoms with Gasteiger partial charge < -0.3 is 15.1 Å². The Morgan fingerprint density at radius 1 is 0.935 bits per heavy atom. The maximum Gasteiger partial charge on any atom is 0.254 e. The number of aromatic nitrogens is 1. The number of pyridine rings is 1. The van der Waals surface area contributed by atoms with Crippen LogP contribution in [-0.4, -0.2) is 53.7 Å². The number of amides is 2. The van der Waals surface area contributed by atoms with Crippen molar-refractivity contribution in [2.75, 3.05) is 36.4 Å². The lowest BCUT2D eigenvalue weighted by Gasteiger charge is -2.32. The van der Waals surface area contributed by atoms with Crippen LogP contribution < -0.4 is 10.2 Å². The van der Waals surface area contributed by atoms with E-state index in [1.807, 2.05) is 11.0 Å². The lowest BCUT2D eigenvalue weighted by Crippen LogP contribution is -2.38. The molecule has 31 heavy (non-hydrogen) atoms. The summed E-state index contributed by atoms with van der Waals surface area (Å²) in [4.78, 5) is 45.2. The van der Waals surface area contributed by atoms with Crippen LogP contribution >= 0.6 is 0 Å². The number of carbonyl (C=O) groups excluding carboxylic acids is 3. The fraction of sp³-hybridized carbons (Fsp3) is 0.417. The molecule has 7 nitrogen and oxygen atoms in total. The largest absolute Gasteiger partial charge is 0.357 e. The highest BCUT2D eigenvalue weighted by molar-refractivity contribution is 5.96. The Kier molecular flexibility index (Phi) is 6.30. The van der Waals surface area contributed by atoms with Gasteiger partial charge in [-0.1, -0.05) is 0 Å². The van der Waals surface area contributed by atoms with Crippen molar-refractivity contribution in [3.63, 3.8) is 0 Å². The van der Waals surface area contributed by atoms with E-state index in [-0.39, 0.29) is 23.5 Å². The van der Waals surface area contributed by atoms with Crippen molar-refractivity contribution in [2.24, 2.45) is 5.92 Å². The van der Waals surface area contributed by atoms with E-state index >= 15 is 0 Å². The second kappa shape index (κ2) is 9.29. The summed E-state index contributed by atoms with van der Waals surface area (Å²) in [7, 11) is 0. The average Bonchev–Trinajstić information content (AvgIpc) is 3.34. The summed E-state index contributed by atoms with van der Waals surface area (Å²) in [5, 5.41) is 2.95. The number of nitrogens with zero attached hydrogens (tertiary/aromatic N) is 3. The smallest absolute Gasteiger partial charge is 0.254 e. The number of likely N-dealkylation sites (tertiary alicyclic amines) is 1.